The Morgan fingerprint density at radius 1 is 1.47 bits per heavy atom. The summed E-state index contributed by atoms with van der Waals surface area (Å²) in [5.74, 6) is -0.873. The summed E-state index contributed by atoms with van der Waals surface area (Å²) in [5.41, 5.74) is 0. The van der Waals surface area contributed by atoms with E-state index in [1.807, 2.05) is 0 Å². The van der Waals surface area contributed by atoms with Gasteiger partial charge in [0, 0.05) is 22.4 Å². The third-order valence-electron chi connectivity index (χ3n) is 3.57. The lowest BCUT2D eigenvalue weighted by Crippen LogP contribution is -2.41. The molecule has 6 heteroatoms. The summed E-state index contributed by atoms with van der Waals surface area (Å²) in [7, 11) is -1.72. The van der Waals surface area contributed by atoms with Crippen LogP contribution in [-0.4, -0.2) is 26.0 Å². The van der Waals surface area contributed by atoms with Gasteiger partial charge in [0.1, 0.15) is 4.88 Å². The van der Waals surface area contributed by atoms with Crippen molar-refractivity contribution in [2.45, 2.75) is 45.3 Å². The monoisotopic (exact) mass is 364 g/mol. The molecule has 0 aliphatic carbocycles. The Morgan fingerprint density at radius 2 is 2.05 bits per heavy atom. The van der Waals surface area contributed by atoms with Gasteiger partial charge in [-0.15, -0.1) is 11.3 Å². The Bertz CT molecular complexity index is 463. The van der Waals surface area contributed by atoms with E-state index in [9.17, 15) is 4.79 Å². The molecule has 1 aromatic rings. The summed E-state index contributed by atoms with van der Waals surface area (Å²) in [5, 5.41) is 9.15. The molecule has 1 heterocycles. The molecule has 0 aromatic carbocycles. The van der Waals surface area contributed by atoms with E-state index in [0.29, 0.717) is 11.5 Å². The smallest absolute Gasteiger partial charge is 0.345 e. The average molecular weight is 365 g/mol. The predicted molar refractivity (Wildman–Crippen MR) is 85.8 cm³/mol. The molecular weight excluding hydrogens is 344 g/mol. The minimum atomic E-state index is -1.72. The molecule has 19 heavy (non-hydrogen) atoms. The fourth-order valence-electron chi connectivity index (χ4n) is 1.30. The zero-order valence-electron chi connectivity index (χ0n) is 12.0. The van der Waals surface area contributed by atoms with E-state index in [0.717, 1.165) is 15.8 Å². The summed E-state index contributed by atoms with van der Waals surface area (Å²) in [4.78, 5) is 12.3. The number of aromatic carboxylic acids is 1. The van der Waals surface area contributed by atoms with E-state index >= 15 is 0 Å². The normalized spacial score (nSPS) is 12.7. The lowest BCUT2D eigenvalue weighted by molar-refractivity contribution is 0.0702. The molecule has 108 valence electrons. The maximum atomic E-state index is 10.9. The predicted octanol–water partition coefficient (Wildman–Crippen LogP) is 4.77. The molecule has 0 unspecified atom stereocenters. The number of carbonyl (C=O) groups is 1. The van der Waals surface area contributed by atoms with Gasteiger partial charge in [-0.05, 0) is 40.1 Å². The van der Waals surface area contributed by atoms with Crippen LogP contribution in [0.25, 0.3) is 0 Å². The Hall–Kier alpha value is -0.173. The number of carboxylic acid groups (broad SMARTS) is 1. The highest BCUT2D eigenvalue weighted by atomic mass is 79.9. The average Bonchev–Trinajstić information content (AvgIpc) is 2.58. The quantitative estimate of drug-likeness (QED) is 0.765. The van der Waals surface area contributed by atoms with Gasteiger partial charge in [0.25, 0.3) is 0 Å². The molecule has 1 rings (SSSR count). The number of hydrogen-bond donors (Lipinski definition) is 1. The van der Waals surface area contributed by atoms with Crippen LogP contribution in [0.2, 0.25) is 18.1 Å². The fraction of sp³-hybridized carbons (Fsp3) is 0.615. The SMILES string of the molecule is CC(C)(C)[Si](C)(C)OCCc1sc(C(=O)O)cc1Br. The maximum Gasteiger partial charge on any atom is 0.345 e. The zero-order valence-corrected chi connectivity index (χ0v) is 15.4. The lowest BCUT2D eigenvalue weighted by atomic mass is 10.2. The molecular formula is C13H21BrO3SSi. The molecule has 1 aromatic heterocycles. The maximum absolute atomic E-state index is 10.9. The van der Waals surface area contributed by atoms with Crippen LogP contribution in [-0.2, 0) is 10.8 Å². The Labute approximate surface area is 128 Å². The Balaban J connectivity index is 2.61. The number of hydrogen-bond acceptors (Lipinski definition) is 3. The van der Waals surface area contributed by atoms with Crippen molar-refractivity contribution < 1.29 is 14.3 Å². The largest absolute Gasteiger partial charge is 0.477 e. The molecule has 0 bridgehead atoms. The van der Waals surface area contributed by atoms with Crippen LogP contribution >= 0.6 is 27.3 Å². The number of halogens is 1. The second-order valence-corrected chi connectivity index (χ2v) is 12.8. The number of thiophene rings is 1. The van der Waals surface area contributed by atoms with E-state index in [-0.39, 0.29) is 5.04 Å². The second kappa shape index (κ2) is 6.07. The van der Waals surface area contributed by atoms with Crippen molar-refractivity contribution in [3.63, 3.8) is 0 Å². The molecule has 1 N–H and O–H groups in total. The van der Waals surface area contributed by atoms with Crippen molar-refractivity contribution in [2.24, 2.45) is 0 Å². The molecule has 0 radical (unpaired) electrons. The molecule has 0 saturated heterocycles. The summed E-state index contributed by atoms with van der Waals surface area (Å²) < 4.78 is 6.97. The first-order valence-electron chi connectivity index (χ1n) is 6.20. The number of carboxylic acids is 1. The summed E-state index contributed by atoms with van der Waals surface area (Å²) in [6, 6.07) is 1.66. The van der Waals surface area contributed by atoms with Gasteiger partial charge in [0.05, 0.1) is 0 Å². The summed E-state index contributed by atoms with van der Waals surface area (Å²) in [6.45, 7) is 11.7. The molecule has 0 fully saturated rings. The highest BCUT2D eigenvalue weighted by Gasteiger charge is 2.36. The molecule has 0 saturated carbocycles. The Kier molecular flexibility index (Phi) is 5.40. The minimum absolute atomic E-state index is 0.200. The molecule has 0 atom stereocenters. The molecule has 0 aliphatic heterocycles. The highest BCUT2D eigenvalue weighted by Crippen LogP contribution is 2.37. The van der Waals surface area contributed by atoms with Gasteiger partial charge in [-0.1, -0.05) is 20.8 Å². The second-order valence-electron chi connectivity index (χ2n) is 6.05. The van der Waals surface area contributed by atoms with Crippen LogP contribution in [0.15, 0.2) is 10.5 Å². The first-order chi connectivity index (χ1) is 8.54. The first kappa shape index (κ1) is 16.9. The van der Waals surface area contributed by atoms with E-state index in [2.05, 4.69) is 49.8 Å². The van der Waals surface area contributed by atoms with E-state index < -0.39 is 14.3 Å². The van der Waals surface area contributed by atoms with E-state index in [1.54, 1.807) is 6.07 Å². The van der Waals surface area contributed by atoms with E-state index in [4.69, 9.17) is 9.53 Å². The van der Waals surface area contributed by atoms with Gasteiger partial charge in [-0.2, -0.15) is 0 Å². The summed E-state index contributed by atoms with van der Waals surface area (Å²) >= 11 is 4.72. The third kappa shape index (κ3) is 4.41. The van der Waals surface area contributed by atoms with Crippen LogP contribution in [0.4, 0.5) is 0 Å². The number of rotatable bonds is 5. The molecule has 0 amide bonds. The van der Waals surface area contributed by atoms with Crippen molar-refractivity contribution in [1.29, 1.82) is 0 Å². The van der Waals surface area contributed by atoms with Gasteiger partial charge in [-0.25, -0.2) is 4.79 Å². The first-order valence-corrected chi connectivity index (χ1v) is 10.7. The van der Waals surface area contributed by atoms with Gasteiger partial charge >= 0.3 is 5.97 Å². The van der Waals surface area contributed by atoms with Gasteiger partial charge < -0.3 is 9.53 Å². The van der Waals surface area contributed by atoms with Gasteiger partial charge in [-0.3, -0.25) is 0 Å². The van der Waals surface area contributed by atoms with Crippen LogP contribution < -0.4 is 0 Å². The van der Waals surface area contributed by atoms with Gasteiger partial charge in [0.2, 0.25) is 0 Å². The van der Waals surface area contributed by atoms with Crippen LogP contribution in [0.5, 0.6) is 0 Å². The van der Waals surface area contributed by atoms with Crippen LogP contribution in [0.3, 0.4) is 0 Å². The third-order valence-corrected chi connectivity index (χ3v) is 10.3. The lowest BCUT2D eigenvalue weighted by Gasteiger charge is -2.36. The standard InChI is InChI=1S/C13H21BrO3SSi/c1-13(2,3)19(4,5)17-7-6-10-9(14)8-11(18-10)12(15)16/h8H,6-7H2,1-5H3,(H,15,16). The van der Waals surface area contributed by atoms with Crippen molar-refractivity contribution in [2.75, 3.05) is 6.61 Å². The fourth-order valence-corrected chi connectivity index (χ4v) is 4.04. The van der Waals surface area contributed by atoms with Crippen molar-refractivity contribution in [1.82, 2.24) is 0 Å². The van der Waals surface area contributed by atoms with Crippen LogP contribution in [0.1, 0.15) is 35.3 Å². The van der Waals surface area contributed by atoms with Crippen molar-refractivity contribution in [3.05, 3.63) is 20.3 Å². The highest BCUT2D eigenvalue weighted by molar-refractivity contribution is 9.10. The van der Waals surface area contributed by atoms with E-state index in [1.165, 1.54) is 11.3 Å². The van der Waals surface area contributed by atoms with Crippen molar-refractivity contribution in [3.8, 4) is 0 Å². The van der Waals surface area contributed by atoms with Crippen molar-refractivity contribution >= 4 is 41.6 Å². The molecule has 0 spiro atoms. The minimum Gasteiger partial charge on any atom is -0.477 e. The van der Waals surface area contributed by atoms with Gasteiger partial charge in [0.15, 0.2) is 8.32 Å². The van der Waals surface area contributed by atoms with Crippen LogP contribution in [0, 0.1) is 0 Å². The molecule has 0 aliphatic rings. The Morgan fingerprint density at radius 3 is 2.47 bits per heavy atom. The topological polar surface area (TPSA) is 46.5 Å². The molecule has 3 nitrogen and oxygen atoms in total. The summed E-state index contributed by atoms with van der Waals surface area (Å²) in [6.07, 6.45) is 0.755. The zero-order chi connectivity index (χ0) is 14.8.